The number of aliphatic carboxylic acids is 1. The molecule has 134 valence electrons. The maximum absolute atomic E-state index is 12.4. The van der Waals surface area contributed by atoms with Crippen molar-refractivity contribution in [3.63, 3.8) is 0 Å². The van der Waals surface area contributed by atoms with Crippen LogP contribution in [0.25, 0.3) is 0 Å². The van der Waals surface area contributed by atoms with Gasteiger partial charge in [0.25, 0.3) is 5.69 Å². The summed E-state index contributed by atoms with van der Waals surface area (Å²) in [4.78, 5) is 47.0. The van der Waals surface area contributed by atoms with Crippen LogP contribution in [-0.2, 0) is 9.59 Å². The molecule has 1 atom stereocenters. The van der Waals surface area contributed by atoms with Gasteiger partial charge in [-0.1, -0.05) is 0 Å². The molecule has 1 aliphatic rings. The molecule has 9 nitrogen and oxygen atoms in total. The van der Waals surface area contributed by atoms with Gasteiger partial charge in [0.1, 0.15) is 5.54 Å². The monoisotopic (exact) mass is 367 g/mol. The third-order valence-corrected chi connectivity index (χ3v) is 5.24. The number of nitrogens with two attached hydrogens (primary N) is 1. The van der Waals surface area contributed by atoms with Crippen molar-refractivity contribution in [2.75, 3.05) is 12.3 Å². The molecule has 3 N–H and O–H groups in total. The average molecular weight is 367 g/mol. The Kier molecular flexibility index (Phi) is 5.31. The van der Waals surface area contributed by atoms with E-state index >= 15 is 0 Å². The number of hydrogen-bond acceptors (Lipinski definition) is 6. The molecule has 1 saturated heterocycles. The summed E-state index contributed by atoms with van der Waals surface area (Å²) in [6.45, 7) is 1.83. The van der Waals surface area contributed by atoms with Gasteiger partial charge >= 0.3 is 5.97 Å². The summed E-state index contributed by atoms with van der Waals surface area (Å²) >= 11 is 0.925. The highest BCUT2D eigenvalue weighted by Gasteiger charge is 2.45. The van der Waals surface area contributed by atoms with E-state index in [1.807, 2.05) is 0 Å². The van der Waals surface area contributed by atoms with Crippen LogP contribution in [0.4, 0.5) is 5.69 Å². The Morgan fingerprint density at radius 2 is 2.12 bits per heavy atom. The lowest BCUT2D eigenvalue weighted by molar-refractivity contribution is -0.387. The molecule has 1 aromatic carbocycles. The summed E-state index contributed by atoms with van der Waals surface area (Å²) < 4.78 is 0. The van der Waals surface area contributed by atoms with Crippen LogP contribution in [0.3, 0.4) is 0 Å². The lowest BCUT2D eigenvalue weighted by atomic mass is 9.99. The lowest BCUT2D eigenvalue weighted by Crippen LogP contribution is -2.51. The third-order valence-electron chi connectivity index (χ3n) is 4.19. The fourth-order valence-corrected chi connectivity index (χ4v) is 3.62. The van der Waals surface area contributed by atoms with E-state index in [1.165, 1.54) is 24.0 Å². The molecule has 0 aliphatic carbocycles. The minimum Gasteiger partial charge on any atom is -0.480 e. The number of thioether (sulfide) groups is 1. The summed E-state index contributed by atoms with van der Waals surface area (Å²) in [6, 6.07) is 3.77. The van der Waals surface area contributed by atoms with Gasteiger partial charge in [0.05, 0.1) is 15.6 Å². The smallest absolute Gasteiger partial charge is 0.329 e. The predicted octanol–water partition coefficient (Wildman–Crippen LogP) is 1.25. The van der Waals surface area contributed by atoms with Crippen LogP contribution in [0.2, 0.25) is 0 Å². The molecule has 0 radical (unpaired) electrons. The zero-order valence-corrected chi connectivity index (χ0v) is 14.2. The molecule has 25 heavy (non-hydrogen) atoms. The molecule has 1 fully saturated rings. The molecule has 0 aromatic heterocycles. The molecular weight excluding hydrogens is 350 g/mol. The second-order valence-electron chi connectivity index (χ2n) is 5.82. The molecule has 2 amide bonds. The summed E-state index contributed by atoms with van der Waals surface area (Å²) in [5, 5.41) is 20.5. The first-order valence-electron chi connectivity index (χ1n) is 7.41. The molecule has 1 heterocycles. The number of likely N-dealkylation sites (tertiary alicyclic amines) is 1. The fourth-order valence-electron chi connectivity index (χ4n) is 2.74. The first-order valence-corrected chi connectivity index (χ1v) is 8.40. The van der Waals surface area contributed by atoms with E-state index < -0.39 is 28.2 Å². The highest BCUT2D eigenvalue weighted by atomic mass is 32.2. The maximum atomic E-state index is 12.4. The highest BCUT2D eigenvalue weighted by Crippen LogP contribution is 2.33. The number of nitro groups is 1. The number of benzene rings is 1. The zero-order valence-electron chi connectivity index (χ0n) is 13.4. The molecular formula is C15H17N3O6S. The van der Waals surface area contributed by atoms with Crippen LogP contribution in [0, 0.1) is 10.1 Å². The van der Waals surface area contributed by atoms with E-state index in [-0.39, 0.29) is 21.9 Å². The van der Waals surface area contributed by atoms with E-state index in [0.29, 0.717) is 19.4 Å². The van der Waals surface area contributed by atoms with E-state index in [1.54, 1.807) is 0 Å². The number of primary amides is 1. The van der Waals surface area contributed by atoms with Crippen molar-refractivity contribution in [2.24, 2.45) is 5.73 Å². The number of carbonyl (C=O) groups excluding carboxylic acids is 2. The van der Waals surface area contributed by atoms with Crippen molar-refractivity contribution in [1.29, 1.82) is 0 Å². The van der Waals surface area contributed by atoms with Crippen LogP contribution in [0.15, 0.2) is 23.1 Å². The zero-order chi connectivity index (χ0) is 18.8. The highest BCUT2D eigenvalue weighted by molar-refractivity contribution is 8.00. The van der Waals surface area contributed by atoms with E-state index in [9.17, 15) is 29.6 Å². The van der Waals surface area contributed by atoms with Gasteiger partial charge in [-0.15, -0.1) is 11.8 Å². The number of nitro benzene ring substituents is 1. The van der Waals surface area contributed by atoms with Gasteiger partial charge in [0.15, 0.2) is 0 Å². The minimum absolute atomic E-state index is 0.000344. The number of carboxylic acid groups (broad SMARTS) is 1. The van der Waals surface area contributed by atoms with Crippen molar-refractivity contribution in [2.45, 2.75) is 30.2 Å². The SMILES string of the molecule is CC1(C(=O)O)CCCN1C(=O)CSc1ccc(C(N)=O)cc1[N+](=O)[O-]. The summed E-state index contributed by atoms with van der Waals surface area (Å²) in [5.41, 5.74) is 3.54. The Morgan fingerprint density at radius 3 is 2.68 bits per heavy atom. The van der Waals surface area contributed by atoms with Gasteiger partial charge in [-0.25, -0.2) is 4.79 Å². The van der Waals surface area contributed by atoms with E-state index in [4.69, 9.17) is 5.73 Å². The molecule has 1 aromatic rings. The molecule has 1 aliphatic heterocycles. The second kappa shape index (κ2) is 7.09. The van der Waals surface area contributed by atoms with Crippen LogP contribution >= 0.6 is 11.8 Å². The summed E-state index contributed by atoms with van der Waals surface area (Å²) in [6.07, 6.45) is 0.957. The molecule has 0 bridgehead atoms. The van der Waals surface area contributed by atoms with Gasteiger partial charge in [-0.3, -0.25) is 19.7 Å². The van der Waals surface area contributed by atoms with Crippen molar-refractivity contribution < 1.29 is 24.4 Å². The average Bonchev–Trinajstić information content (AvgIpc) is 2.95. The number of nitrogens with zero attached hydrogens (tertiary/aromatic N) is 2. The third kappa shape index (κ3) is 3.73. The number of carbonyl (C=O) groups is 3. The van der Waals surface area contributed by atoms with Gasteiger partial charge in [0.2, 0.25) is 11.8 Å². The van der Waals surface area contributed by atoms with Crippen molar-refractivity contribution in [3.8, 4) is 0 Å². The molecule has 1 unspecified atom stereocenters. The normalized spacial score (nSPS) is 19.6. The summed E-state index contributed by atoms with van der Waals surface area (Å²) in [5.74, 6) is -2.40. The van der Waals surface area contributed by atoms with Crippen molar-refractivity contribution >= 4 is 35.2 Å². The quantitative estimate of drug-likeness (QED) is 0.437. The molecule has 2 rings (SSSR count). The van der Waals surface area contributed by atoms with Gasteiger partial charge in [0, 0.05) is 18.2 Å². The minimum atomic E-state index is -1.25. The molecule has 0 spiro atoms. The molecule has 0 saturated carbocycles. The predicted molar refractivity (Wildman–Crippen MR) is 89.3 cm³/mol. The van der Waals surface area contributed by atoms with Gasteiger partial charge in [-0.2, -0.15) is 0 Å². The first kappa shape index (κ1) is 18.7. The number of carboxylic acids is 1. The Labute approximate surface area is 147 Å². The van der Waals surface area contributed by atoms with Gasteiger partial charge in [-0.05, 0) is 31.9 Å². The number of rotatable bonds is 6. The molecule has 10 heteroatoms. The lowest BCUT2D eigenvalue weighted by Gasteiger charge is -2.31. The number of hydrogen-bond donors (Lipinski definition) is 2. The van der Waals surface area contributed by atoms with Crippen LogP contribution in [0.1, 0.15) is 30.1 Å². The first-order chi connectivity index (χ1) is 11.7. The van der Waals surface area contributed by atoms with Crippen LogP contribution < -0.4 is 5.73 Å². The van der Waals surface area contributed by atoms with E-state index in [2.05, 4.69) is 0 Å². The topological polar surface area (TPSA) is 144 Å². The van der Waals surface area contributed by atoms with E-state index in [0.717, 1.165) is 17.8 Å². The Balaban J connectivity index is 2.16. The Morgan fingerprint density at radius 1 is 1.44 bits per heavy atom. The summed E-state index contributed by atoms with van der Waals surface area (Å²) in [7, 11) is 0. The number of amides is 2. The Bertz CT molecular complexity index is 753. The standard InChI is InChI=1S/C15H17N3O6S/c1-15(14(21)22)5-2-6-17(15)12(19)8-25-11-4-3-9(13(16)20)7-10(11)18(23)24/h3-4,7H,2,5-6,8H2,1H3,(H2,16,20)(H,21,22). The van der Waals surface area contributed by atoms with Crippen molar-refractivity contribution in [1.82, 2.24) is 4.90 Å². The fraction of sp³-hybridized carbons (Fsp3) is 0.400. The van der Waals surface area contributed by atoms with Crippen LogP contribution in [0.5, 0.6) is 0 Å². The van der Waals surface area contributed by atoms with Gasteiger partial charge < -0.3 is 15.7 Å². The van der Waals surface area contributed by atoms with Crippen molar-refractivity contribution in [3.05, 3.63) is 33.9 Å². The Hall–Kier alpha value is -2.62. The second-order valence-corrected chi connectivity index (χ2v) is 6.84. The van der Waals surface area contributed by atoms with Crippen LogP contribution in [-0.4, -0.2) is 50.5 Å². The maximum Gasteiger partial charge on any atom is 0.329 e. The largest absolute Gasteiger partial charge is 0.480 e.